The van der Waals surface area contributed by atoms with E-state index in [0.29, 0.717) is 12.5 Å². The minimum atomic E-state index is -0.760. The van der Waals surface area contributed by atoms with Crippen molar-refractivity contribution in [2.45, 2.75) is 38.5 Å². The number of hydrogen-bond donors (Lipinski definition) is 2. The van der Waals surface area contributed by atoms with Crippen LogP contribution in [0.5, 0.6) is 0 Å². The highest BCUT2D eigenvalue weighted by Crippen LogP contribution is 2.25. The smallest absolute Gasteiger partial charge is 0.313 e. The molecule has 0 unspecified atom stereocenters. The Balaban J connectivity index is 1.71. The summed E-state index contributed by atoms with van der Waals surface area (Å²) < 4.78 is 13.0. The van der Waals surface area contributed by atoms with Crippen LogP contribution in [0.25, 0.3) is 0 Å². The average molecular weight is 292 g/mol. The van der Waals surface area contributed by atoms with Gasteiger partial charge in [-0.25, -0.2) is 4.39 Å². The molecule has 0 bridgehead atoms. The third kappa shape index (κ3) is 5.17. The fourth-order valence-corrected chi connectivity index (χ4v) is 2.70. The van der Waals surface area contributed by atoms with E-state index in [0.717, 1.165) is 6.42 Å². The second kappa shape index (κ2) is 7.76. The van der Waals surface area contributed by atoms with Crippen LogP contribution in [0.3, 0.4) is 0 Å². The summed E-state index contributed by atoms with van der Waals surface area (Å²) in [7, 11) is 0. The van der Waals surface area contributed by atoms with Crippen molar-refractivity contribution < 1.29 is 14.0 Å². The number of carbonyl (C=O) groups is 2. The second-order valence-electron chi connectivity index (χ2n) is 5.51. The molecule has 2 rings (SSSR count). The molecule has 1 saturated carbocycles. The minimum Gasteiger partial charge on any atom is -0.348 e. The molecule has 1 fully saturated rings. The number of hydrogen-bond acceptors (Lipinski definition) is 2. The minimum absolute atomic E-state index is 0.280. The van der Waals surface area contributed by atoms with Crippen molar-refractivity contribution in [1.29, 1.82) is 0 Å². The Morgan fingerprint density at radius 1 is 1.14 bits per heavy atom. The molecule has 2 N–H and O–H groups in total. The standard InChI is InChI=1S/C16H21FN2O2/c17-13-7-4-8-14(11-13)19-16(21)15(20)18-10-9-12-5-2-1-3-6-12/h4,7-8,11-12H,1-3,5-6,9-10H2,(H,18,20)(H,19,21). The van der Waals surface area contributed by atoms with E-state index >= 15 is 0 Å². The number of carbonyl (C=O) groups excluding carboxylic acids is 2. The normalized spacial score (nSPS) is 15.5. The topological polar surface area (TPSA) is 58.2 Å². The van der Waals surface area contributed by atoms with E-state index in [9.17, 15) is 14.0 Å². The van der Waals surface area contributed by atoms with Gasteiger partial charge in [0.15, 0.2) is 0 Å². The van der Waals surface area contributed by atoms with E-state index < -0.39 is 17.6 Å². The van der Waals surface area contributed by atoms with Gasteiger partial charge in [-0.3, -0.25) is 9.59 Å². The van der Waals surface area contributed by atoms with Crippen molar-refractivity contribution >= 4 is 17.5 Å². The molecule has 0 atom stereocenters. The molecule has 1 aliphatic rings. The second-order valence-corrected chi connectivity index (χ2v) is 5.51. The summed E-state index contributed by atoms with van der Waals surface area (Å²) in [4.78, 5) is 23.3. The highest BCUT2D eigenvalue weighted by molar-refractivity contribution is 6.39. The van der Waals surface area contributed by atoms with Crippen molar-refractivity contribution in [1.82, 2.24) is 5.32 Å². The van der Waals surface area contributed by atoms with Gasteiger partial charge in [0.05, 0.1) is 0 Å². The van der Waals surface area contributed by atoms with Crippen molar-refractivity contribution in [2.24, 2.45) is 5.92 Å². The zero-order chi connectivity index (χ0) is 15.1. The third-order valence-electron chi connectivity index (χ3n) is 3.85. The number of nitrogens with one attached hydrogen (secondary N) is 2. The first-order valence-corrected chi connectivity index (χ1v) is 7.50. The maximum Gasteiger partial charge on any atom is 0.313 e. The molecule has 2 amide bonds. The van der Waals surface area contributed by atoms with Gasteiger partial charge in [0, 0.05) is 12.2 Å². The summed E-state index contributed by atoms with van der Waals surface area (Å²) in [5.41, 5.74) is 0.280. The number of amides is 2. The van der Waals surface area contributed by atoms with Crippen molar-refractivity contribution in [3.05, 3.63) is 30.1 Å². The average Bonchev–Trinajstić information content (AvgIpc) is 2.48. The number of halogens is 1. The summed E-state index contributed by atoms with van der Waals surface area (Å²) in [6, 6.07) is 5.47. The summed E-state index contributed by atoms with van der Waals surface area (Å²) in [5, 5.41) is 5.00. The predicted octanol–water partition coefficient (Wildman–Crippen LogP) is 2.85. The highest BCUT2D eigenvalue weighted by atomic mass is 19.1. The van der Waals surface area contributed by atoms with E-state index in [2.05, 4.69) is 10.6 Å². The molecule has 5 heteroatoms. The highest BCUT2D eigenvalue weighted by Gasteiger charge is 2.16. The quantitative estimate of drug-likeness (QED) is 0.838. The number of rotatable bonds is 4. The molecule has 21 heavy (non-hydrogen) atoms. The van der Waals surface area contributed by atoms with Gasteiger partial charge in [-0.2, -0.15) is 0 Å². The lowest BCUT2D eigenvalue weighted by Crippen LogP contribution is -2.36. The molecule has 114 valence electrons. The molecule has 1 aromatic carbocycles. The predicted molar refractivity (Wildman–Crippen MR) is 79.2 cm³/mol. The zero-order valence-electron chi connectivity index (χ0n) is 12.0. The summed E-state index contributed by atoms with van der Waals surface area (Å²) in [5.74, 6) is -1.23. The van der Waals surface area contributed by atoms with Gasteiger partial charge in [-0.1, -0.05) is 38.2 Å². The summed E-state index contributed by atoms with van der Waals surface area (Å²) >= 11 is 0. The maximum absolute atomic E-state index is 13.0. The number of anilines is 1. The van der Waals surface area contributed by atoms with Crippen LogP contribution >= 0.6 is 0 Å². The third-order valence-corrected chi connectivity index (χ3v) is 3.85. The van der Waals surface area contributed by atoms with Gasteiger partial charge in [0.25, 0.3) is 0 Å². The lowest BCUT2D eigenvalue weighted by molar-refractivity contribution is -0.136. The van der Waals surface area contributed by atoms with Gasteiger partial charge in [0.1, 0.15) is 5.82 Å². The van der Waals surface area contributed by atoms with E-state index in [4.69, 9.17) is 0 Å². The molecule has 0 aromatic heterocycles. The van der Waals surface area contributed by atoms with Crippen LogP contribution in [-0.2, 0) is 9.59 Å². The fourth-order valence-electron chi connectivity index (χ4n) is 2.70. The first kappa shape index (κ1) is 15.5. The Bertz CT molecular complexity index is 499. The van der Waals surface area contributed by atoms with Crippen LogP contribution in [0.15, 0.2) is 24.3 Å². The molecule has 1 aromatic rings. The Morgan fingerprint density at radius 2 is 1.90 bits per heavy atom. The lowest BCUT2D eigenvalue weighted by atomic mass is 9.87. The summed E-state index contributed by atoms with van der Waals surface area (Å²) in [6.07, 6.45) is 7.17. The van der Waals surface area contributed by atoms with Gasteiger partial charge < -0.3 is 10.6 Å². The van der Waals surface area contributed by atoms with Crippen LogP contribution < -0.4 is 10.6 Å². The Morgan fingerprint density at radius 3 is 2.62 bits per heavy atom. The first-order chi connectivity index (χ1) is 10.1. The molecule has 0 saturated heterocycles. The van der Waals surface area contributed by atoms with Crippen LogP contribution in [0.4, 0.5) is 10.1 Å². The monoisotopic (exact) mass is 292 g/mol. The van der Waals surface area contributed by atoms with E-state index in [1.54, 1.807) is 0 Å². The molecule has 0 heterocycles. The molecular weight excluding hydrogens is 271 g/mol. The largest absolute Gasteiger partial charge is 0.348 e. The molecule has 0 radical (unpaired) electrons. The molecule has 0 aliphatic heterocycles. The molecule has 0 spiro atoms. The Hall–Kier alpha value is -1.91. The first-order valence-electron chi connectivity index (χ1n) is 7.50. The fraction of sp³-hybridized carbons (Fsp3) is 0.500. The van der Waals surface area contributed by atoms with Crippen LogP contribution in [0.2, 0.25) is 0 Å². The van der Waals surface area contributed by atoms with Gasteiger partial charge in [-0.05, 0) is 30.5 Å². The van der Waals surface area contributed by atoms with Gasteiger partial charge >= 0.3 is 11.8 Å². The van der Waals surface area contributed by atoms with Crippen LogP contribution in [-0.4, -0.2) is 18.4 Å². The summed E-state index contributed by atoms with van der Waals surface area (Å²) in [6.45, 7) is 0.514. The Kier molecular flexibility index (Phi) is 5.72. The lowest BCUT2D eigenvalue weighted by Gasteiger charge is -2.21. The van der Waals surface area contributed by atoms with Crippen LogP contribution in [0.1, 0.15) is 38.5 Å². The van der Waals surface area contributed by atoms with E-state index in [1.165, 1.54) is 56.4 Å². The Labute approximate surface area is 124 Å². The van der Waals surface area contributed by atoms with Crippen molar-refractivity contribution in [3.8, 4) is 0 Å². The van der Waals surface area contributed by atoms with Gasteiger partial charge in [-0.15, -0.1) is 0 Å². The van der Waals surface area contributed by atoms with Crippen LogP contribution in [0, 0.1) is 11.7 Å². The van der Waals surface area contributed by atoms with E-state index in [1.807, 2.05) is 0 Å². The van der Waals surface area contributed by atoms with Crippen molar-refractivity contribution in [3.63, 3.8) is 0 Å². The van der Waals surface area contributed by atoms with Gasteiger partial charge in [0.2, 0.25) is 0 Å². The molecular formula is C16H21FN2O2. The van der Waals surface area contributed by atoms with E-state index in [-0.39, 0.29) is 5.69 Å². The van der Waals surface area contributed by atoms with Crippen molar-refractivity contribution in [2.75, 3.05) is 11.9 Å². The molecule has 4 nitrogen and oxygen atoms in total. The molecule has 1 aliphatic carbocycles. The zero-order valence-corrected chi connectivity index (χ0v) is 12.0. The maximum atomic E-state index is 13.0. The SMILES string of the molecule is O=C(NCCC1CCCCC1)C(=O)Nc1cccc(F)c1. The number of benzene rings is 1.